The second-order valence-electron chi connectivity index (χ2n) is 6.58. The Bertz CT molecular complexity index is 635. The number of anilines is 2. The minimum Gasteiger partial charge on any atom is -0.350 e. The second-order valence-corrected chi connectivity index (χ2v) is 6.58. The molecule has 25 heavy (non-hydrogen) atoms. The fourth-order valence-corrected chi connectivity index (χ4v) is 3.26. The van der Waals surface area contributed by atoms with Crippen LogP contribution in [0.25, 0.3) is 0 Å². The number of benzene rings is 1. The minimum absolute atomic E-state index is 0.109. The lowest BCUT2D eigenvalue weighted by atomic mass is 9.96. The molecule has 0 aromatic heterocycles. The predicted molar refractivity (Wildman–Crippen MR) is 94.5 cm³/mol. The van der Waals surface area contributed by atoms with Gasteiger partial charge in [0.25, 0.3) is 0 Å². The zero-order valence-corrected chi connectivity index (χ0v) is 14.7. The Kier molecular flexibility index (Phi) is 5.55. The van der Waals surface area contributed by atoms with E-state index in [1.165, 1.54) is 6.92 Å². The molecule has 1 aromatic carbocycles. The van der Waals surface area contributed by atoms with Crippen LogP contribution in [0.15, 0.2) is 18.2 Å². The lowest BCUT2D eigenvalue weighted by molar-refractivity contribution is -0.114. The third kappa shape index (κ3) is 4.49. The highest BCUT2D eigenvalue weighted by molar-refractivity contribution is 5.93. The molecule has 2 N–H and O–H groups in total. The van der Waals surface area contributed by atoms with Crippen molar-refractivity contribution in [3.8, 4) is 0 Å². The van der Waals surface area contributed by atoms with Crippen LogP contribution in [-0.4, -0.2) is 49.4 Å². The highest BCUT2D eigenvalue weighted by atomic mass is 16.7. The molecular formula is C18H25N3O4. The fraction of sp³-hybridized carbons (Fsp3) is 0.556. The van der Waals surface area contributed by atoms with Crippen LogP contribution >= 0.6 is 0 Å². The molecule has 2 aliphatic rings. The fourth-order valence-electron chi connectivity index (χ4n) is 3.26. The molecule has 0 unspecified atom stereocenters. The smallest absolute Gasteiger partial charge is 0.321 e. The number of hydrogen-bond acceptors (Lipinski definition) is 4. The molecule has 2 heterocycles. The molecule has 0 saturated carbocycles. The normalized spacial score (nSPS) is 19.0. The molecule has 0 aliphatic carbocycles. The average Bonchev–Trinajstić information content (AvgIpc) is 3.12. The van der Waals surface area contributed by atoms with Crippen LogP contribution in [0.4, 0.5) is 16.2 Å². The van der Waals surface area contributed by atoms with E-state index in [1.54, 1.807) is 6.07 Å². The van der Waals surface area contributed by atoms with Crippen LogP contribution in [0, 0.1) is 12.8 Å². The molecule has 0 bridgehead atoms. The number of carbonyl (C=O) groups is 2. The molecule has 0 atom stereocenters. The summed E-state index contributed by atoms with van der Waals surface area (Å²) in [6.07, 6.45) is 1.65. The maximum absolute atomic E-state index is 12.5. The summed E-state index contributed by atoms with van der Waals surface area (Å²) >= 11 is 0. The van der Waals surface area contributed by atoms with Gasteiger partial charge in [0.2, 0.25) is 5.91 Å². The molecule has 0 radical (unpaired) electrons. The van der Waals surface area contributed by atoms with Crippen molar-refractivity contribution < 1.29 is 19.1 Å². The maximum Gasteiger partial charge on any atom is 0.321 e. The third-order valence-electron chi connectivity index (χ3n) is 4.66. The van der Waals surface area contributed by atoms with E-state index in [4.69, 9.17) is 9.47 Å². The quantitative estimate of drug-likeness (QED) is 0.881. The molecule has 3 rings (SSSR count). The first kappa shape index (κ1) is 17.7. The Balaban J connectivity index is 1.56. The van der Waals surface area contributed by atoms with Gasteiger partial charge in [-0.1, -0.05) is 6.07 Å². The van der Waals surface area contributed by atoms with Crippen molar-refractivity contribution in [2.75, 3.05) is 36.9 Å². The number of hydrogen-bond donors (Lipinski definition) is 2. The van der Waals surface area contributed by atoms with Crippen LogP contribution < -0.4 is 10.6 Å². The largest absolute Gasteiger partial charge is 0.350 e. The average molecular weight is 347 g/mol. The molecule has 2 aliphatic heterocycles. The van der Waals surface area contributed by atoms with E-state index in [-0.39, 0.29) is 18.2 Å². The molecule has 3 amide bonds. The van der Waals surface area contributed by atoms with Crippen molar-refractivity contribution in [3.05, 3.63) is 23.8 Å². The molecule has 2 fully saturated rings. The highest BCUT2D eigenvalue weighted by Gasteiger charge is 2.31. The summed E-state index contributed by atoms with van der Waals surface area (Å²) in [4.78, 5) is 25.6. The number of amides is 3. The minimum atomic E-state index is -0.139. The van der Waals surface area contributed by atoms with Gasteiger partial charge in [-0.25, -0.2) is 4.79 Å². The number of nitrogens with one attached hydrogen (secondary N) is 2. The van der Waals surface area contributed by atoms with Crippen LogP contribution in [0.2, 0.25) is 0 Å². The number of piperidine rings is 1. The summed E-state index contributed by atoms with van der Waals surface area (Å²) in [5, 5.41) is 5.68. The summed E-state index contributed by atoms with van der Waals surface area (Å²) in [6.45, 7) is 6.08. The van der Waals surface area contributed by atoms with Crippen molar-refractivity contribution in [2.45, 2.75) is 33.0 Å². The van der Waals surface area contributed by atoms with Crippen molar-refractivity contribution in [1.29, 1.82) is 0 Å². The number of ether oxygens (including phenoxy) is 2. The third-order valence-corrected chi connectivity index (χ3v) is 4.66. The van der Waals surface area contributed by atoms with Crippen molar-refractivity contribution in [1.82, 2.24) is 4.90 Å². The van der Waals surface area contributed by atoms with Crippen LogP contribution in [-0.2, 0) is 14.3 Å². The Morgan fingerprint density at radius 1 is 1.12 bits per heavy atom. The van der Waals surface area contributed by atoms with Crippen LogP contribution in [0.5, 0.6) is 0 Å². The van der Waals surface area contributed by atoms with Gasteiger partial charge < -0.3 is 25.0 Å². The van der Waals surface area contributed by atoms with Gasteiger partial charge in [-0.05, 0) is 37.5 Å². The molecule has 2 saturated heterocycles. The predicted octanol–water partition coefficient (Wildman–Crippen LogP) is 2.57. The van der Waals surface area contributed by atoms with Gasteiger partial charge in [0.05, 0.1) is 13.2 Å². The van der Waals surface area contributed by atoms with E-state index in [2.05, 4.69) is 10.6 Å². The summed E-state index contributed by atoms with van der Waals surface area (Å²) in [7, 11) is 0. The number of carbonyl (C=O) groups excluding carboxylic acids is 2. The standard InChI is InChI=1S/C18H25N3O4/c1-12-3-4-15(19-13(2)22)11-16(12)20-18(23)21-7-5-14(6-8-21)17-24-9-10-25-17/h3-4,11,14,17H,5-10H2,1-2H3,(H,19,22)(H,20,23). The summed E-state index contributed by atoms with van der Waals surface area (Å²) in [6, 6.07) is 5.36. The van der Waals surface area contributed by atoms with Crippen LogP contribution in [0.3, 0.4) is 0 Å². The van der Waals surface area contributed by atoms with E-state index >= 15 is 0 Å². The van der Waals surface area contributed by atoms with Gasteiger partial charge >= 0.3 is 6.03 Å². The Morgan fingerprint density at radius 2 is 1.80 bits per heavy atom. The topological polar surface area (TPSA) is 79.9 Å². The molecule has 0 spiro atoms. The number of aryl methyl sites for hydroxylation is 1. The van der Waals surface area contributed by atoms with Gasteiger partial charge in [0, 0.05) is 37.3 Å². The van der Waals surface area contributed by atoms with Gasteiger partial charge in [0.1, 0.15) is 0 Å². The zero-order valence-electron chi connectivity index (χ0n) is 14.7. The number of likely N-dealkylation sites (tertiary alicyclic amines) is 1. The van der Waals surface area contributed by atoms with E-state index in [0.717, 1.165) is 18.4 Å². The van der Waals surface area contributed by atoms with E-state index < -0.39 is 0 Å². The van der Waals surface area contributed by atoms with E-state index in [9.17, 15) is 9.59 Å². The zero-order chi connectivity index (χ0) is 17.8. The maximum atomic E-state index is 12.5. The molecule has 7 heteroatoms. The second kappa shape index (κ2) is 7.84. The van der Waals surface area contributed by atoms with Gasteiger partial charge in [-0.15, -0.1) is 0 Å². The highest BCUT2D eigenvalue weighted by Crippen LogP contribution is 2.27. The Hall–Kier alpha value is -2.12. The SMILES string of the molecule is CC(=O)Nc1ccc(C)c(NC(=O)N2CCC(C3OCCO3)CC2)c1. The van der Waals surface area contributed by atoms with E-state index in [1.807, 2.05) is 24.0 Å². The van der Waals surface area contributed by atoms with Gasteiger partial charge in [0.15, 0.2) is 6.29 Å². The summed E-state index contributed by atoms with van der Waals surface area (Å²) in [5.74, 6) is 0.218. The molecule has 1 aromatic rings. The monoisotopic (exact) mass is 347 g/mol. The van der Waals surface area contributed by atoms with Crippen molar-refractivity contribution >= 4 is 23.3 Å². The molecule has 7 nitrogen and oxygen atoms in total. The van der Waals surface area contributed by atoms with Gasteiger partial charge in [-0.2, -0.15) is 0 Å². The van der Waals surface area contributed by atoms with Gasteiger partial charge in [-0.3, -0.25) is 4.79 Å². The summed E-state index contributed by atoms with van der Waals surface area (Å²) in [5.41, 5.74) is 2.33. The molecular weight excluding hydrogens is 322 g/mol. The Labute approximate surface area is 147 Å². The first-order valence-electron chi connectivity index (χ1n) is 8.70. The number of nitrogens with zero attached hydrogens (tertiary/aromatic N) is 1. The van der Waals surface area contributed by atoms with Crippen LogP contribution in [0.1, 0.15) is 25.3 Å². The first-order chi connectivity index (χ1) is 12.0. The lowest BCUT2D eigenvalue weighted by Gasteiger charge is -2.33. The Morgan fingerprint density at radius 3 is 2.44 bits per heavy atom. The first-order valence-corrected chi connectivity index (χ1v) is 8.70. The van der Waals surface area contributed by atoms with E-state index in [0.29, 0.717) is 43.6 Å². The number of urea groups is 1. The molecule has 136 valence electrons. The number of rotatable bonds is 3. The van der Waals surface area contributed by atoms with Crippen molar-refractivity contribution in [3.63, 3.8) is 0 Å². The van der Waals surface area contributed by atoms with Crippen molar-refractivity contribution in [2.24, 2.45) is 5.92 Å². The summed E-state index contributed by atoms with van der Waals surface area (Å²) < 4.78 is 11.1. The lowest BCUT2D eigenvalue weighted by Crippen LogP contribution is -2.43.